The number of carbonyl (C=O) groups excluding carboxylic acids is 1. The number of rotatable bonds is 5. The fourth-order valence-electron chi connectivity index (χ4n) is 2.67. The van der Waals surface area contributed by atoms with Gasteiger partial charge in [-0.25, -0.2) is 0 Å². The zero-order valence-electron chi connectivity index (χ0n) is 13.0. The van der Waals surface area contributed by atoms with Crippen molar-refractivity contribution in [2.45, 2.75) is 45.3 Å². The number of esters is 1. The highest BCUT2D eigenvalue weighted by Gasteiger charge is 2.27. The quantitative estimate of drug-likeness (QED) is 0.740. The molecule has 2 atom stereocenters. The van der Waals surface area contributed by atoms with E-state index in [9.17, 15) is 4.79 Å². The van der Waals surface area contributed by atoms with Gasteiger partial charge in [0.25, 0.3) is 0 Å². The van der Waals surface area contributed by atoms with Gasteiger partial charge in [-0.1, -0.05) is 13.8 Å². The molecule has 0 radical (unpaired) electrons. The fraction of sp³-hybridized carbons (Fsp3) is 0.929. The van der Waals surface area contributed by atoms with Crippen LogP contribution in [0, 0.1) is 0 Å². The van der Waals surface area contributed by atoms with Crippen molar-refractivity contribution < 1.29 is 9.53 Å². The molecular formula is C14H29N3O2. The van der Waals surface area contributed by atoms with E-state index in [1.54, 1.807) is 0 Å². The maximum Gasteiger partial charge on any atom is 0.324 e. The number of nitrogens with zero attached hydrogens (tertiary/aromatic N) is 2. The van der Waals surface area contributed by atoms with Crippen LogP contribution in [0.25, 0.3) is 0 Å². The lowest BCUT2D eigenvalue weighted by Gasteiger charge is -2.31. The van der Waals surface area contributed by atoms with Crippen LogP contribution in [0.2, 0.25) is 0 Å². The standard InChI is InChI=1S/C14H29N3O2/c1-11(2)15-13(14(18)19-5)10-17-8-6-7-16(4)9-12(17)3/h11-13,15H,6-10H2,1-5H3. The van der Waals surface area contributed by atoms with Crippen molar-refractivity contribution >= 4 is 5.97 Å². The molecule has 1 rings (SSSR count). The molecule has 0 aromatic heterocycles. The van der Waals surface area contributed by atoms with Gasteiger partial charge in [-0.05, 0) is 33.5 Å². The van der Waals surface area contributed by atoms with Crippen LogP contribution in [0.15, 0.2) is 0 Å². The molecule has 112 valence electrons. The van der Waals surface area contributed by atoms with Gasteiger partial charge in [0.15, 0.2) is 0 Å². The van der Waals surface area contributed by atoms with Gasteiger partial charge < -0.3 is 15.0 Å². The second-order valence-corrected chi connectivity index (χ2v) is 5.86. The van der Waals surface area contributed by atoms with Crippen LogP contribution in [-0.4, -0.2) is 74.2 Å². The zero-order chi connectivity index (χ0) is 14.4. The topological polar surface area (TPSA) is 44.8 Å². The first-order valence-electron chi connectivity index (χ1n) is 7.20. The van der Waals surface area contributed by atoms with E-state index in [-0.39, 0.29) is 18.1 Å². The van der Waals surface area contributed by atoms with E-state index in [1.165, 1.54) is 7.11 Å². The number of likely N-dealkylation sites (N-methyl/N-ethyl adjacent to an activating group) is 1. The van der Waals surface area contributed by atoms with E-state index in [2.05, 4.69) is 42.9 Å². The maximum atomic E-state index is 11.9. The Morgan fingerprint density at radius 3 is 2.68 bits per heavy atom. The van der Waals surface area contributed by atoms with Crippen LogP contribution >= 0.6 is 0 Å². The fourth-order valence-corrected chi connectivity index (χ4v) is 2.67. The molecule has 0 aromatic rings. The monoisotopic (exact) mass is 271 g/mol. The smallest absolute Gasteiger partial charge is 0.324 e. The number of methoxy groups -OCH3 is 1. The molecule has 0 amide bonds. The minimum absolute atomic E-state index is 0.168. The summed E-state index contributed by atoms with van der Waals surface area (Å²) in [6.45, 7) is 10.3. The van der Waals surface area contributed by atoms with Crippen molar-refractivity contribution in [2.24, 2.45) is 0 Å². The molecule has 5 heteroatoms. The lowest BCUT2D eigenvalue weighted by Crippen LogP contribution is -2.51. The van der Waals surface area contributed by atoms with Crippen molar-refractivity contribution in [3.05, 3.63) is 0 Å². The highest BCUT2D eigenvalue weighted by Crippen LogP contribution is 2.10. The van der Waals surface area contributed by atoms with E-state index in [1.807, 2.05) is 0 Å². The molecular weight excluding hydrogens is 242 g/mol. The SMILES string of the molecule is COC(=O)C(CN1CCCN(C)CC1C)NC(C)C. The molecule has 19 heavy (non-hydrogen) atoms. The Balaban J connectivity index is 2.63. The van der Waals surface area contributed by atoms with Crippen molar-refractivity contribution in [2.75, 3.05) is 40.3 Å². The molecule has 1 N–H and O–H groups in total. The van der Waals surface area contributed by atoms with Crippen molar-refractivity contribution in [1.82, 2.24) is 15.1 Å². The first kappa shape index (κ1) is 16.4. The Morgan fingerprint density at radius 1 is 1.42 bits per heavy atom. The van der Waals surface area contributed by atoms with Crippen molar-refractivity contribution in [3.8, 4) is 0 Å². The summed E-state index contributed by atoms with van der Waals surface area (Å²) in [6, 6.07) is 0.499. The highest BCUT2D eigenvalue weighted by molar-refractivity contribution is 5.76. The Labute approximate surface area is 117 Å². The Kier molecular flexibility index (Phi) is 6.75. The molecule has 1 heterocycles. The summed E-state index contributed by atoms with van der Waals surface area (Å²) in [4.78, 5) is 16.6. The van der Waals surface area contributed by atoms with Gasteiger partial charge in [-0.15, -0.1) is 0 Å². The molecule has 0 saturated carbocycles. The molecule has 2 unspecified atom stereocenters. The normalized spacial score (nSPS) is 24.2. The van der Waals surface area contributed by atoms with Gasteiger partial charge >= 0.3 is 5.97 Å². The summed E-state index contributed by atoms with van der Waals surface area (Å²) in [6.07, 6.45) is 1.15. The van der Waals surface area contributed by atoms with E-state index in [0.717, 1.165) is 32.6 Å². The second-order valence-electron chi connectivity index (χ2n) is 5.86. The van der Waals surface area contributed by atoms with Crippen molar-refractivity contribution in [1.29, 1.82) is 0 Å². The highest BCUT2D eigenvalue weighted by atomic mass is 16.5. The molecule has 1 aliphatic heterocycles. The molecule has 5 nitrogen and oxygen atoms in total. The minimum atomic E-state index is -0.240. The predicted octanol–water partition coefficient (Wildman–Crippen LogP) is 0.552. The average Bonchev–Trinajstić information content (AvgIpc) is 2.48. The van der Waals surface area contributed by atoms with Gasteiger partial charge in [-0.2, -0.15) is 0 Å². The summed E-state index contributed by atoms with van der Waals surface area (Å²) in [5.74, 6) is -0.168. The first-order chi connectivity index (χ1) is 8.93. The van der Waals surface area contributed by atoms with Gasteiger partial charge in [0.1, 0.15) is 6.04 Å². The molecule has 1 aliphatic rings. The maximum absolute atomic E-state index is 11.9. The third kappa shape index (κ3) is 5.47. The number of hydrogen-bond acceptors (Lipinski definition) is 5. The van der Waals surface area contributed by atoms with Crippen LogP contribution in [0.3, 0.4) is 0 Å². The number of nitrogens with one attached hydrogen (secondary N) is 1. The number of hydrogen-bond donors (Lipinski definition) is 1. The zero-order valence-corrected chi connectivity index (χ0v) is 13.0. The molecule has 0 spiro atoms. The Hall–Kier alpha value is -0.650. The van der Waals surface area contributed by atoms with Crippen LogP contribution < -0.4 is 5.32 Å². The van der Waals surface area contributed by atoms with E-state index < -0.39 is 0 Å². The van der Waals surface area contributed by atoms with Gasteiger partial charge in [-0.3, -0.25) is 9.69 Å². The molecule has 1 fully saturated rings. The van der Waals surface area contributed by atoms with E-state index in [0.29, 0.717) is 6.04 Å². The lowest BCUT2D eigenvalue weighted by molar-refractivity contribution is -0.144. The van der Waals surface area contributed by atoms with Gasteiger partial charge in [0.2, 0.25) is 0 Å². The van der Waals surface area contributed by atoms with Gasteiger partial charge in [0.05, 0.1) is 7.11 Å². The van der Waals surface area contributed by atoms with Gasteiger partial charge in [0, 0.05) is 25.2 Å². The van der Waals surface area contributed by atoms with E-state index in [4.69, 9.17) is 4.74 Å². The summed E-state index contributed by atoms with van der Waals surface area (Å²) in [7, 11) is 3.61. The number of carbonyl (C=O) groups is 1. The van der Waals surface area contributed by atoms with Crippen LogP contribution in [0.5, 0.6) is 0 Å². The Morgan fingerprint density at radius 2 is 2.11 bits per heavy atom. The van der Waals surface area contributed by atoms with E-state index >= 15 is 0 Å². The largest absolute Gasteiger partial charge is 0.468 e. The van der Waals surface area contributed by atoms with Crippen molar-refractivity contribution in [3.63, 3.8) is 0 Å². The number of ether oxygens (including phenoxy) is 1. The summed E-state index contributed by atoms with van der Waals surface area (Å²) < 4.78 is 4.90. The lowest BCUT2D eigenvalue weighted by atomic mass is 10.2. The first-order valence-corrected chi connectivity index (χ1v) is 7.20. The summed E-state index contributed by atoms with van der Waals surface area (Å²) in [5, 5.41) is 3.30. The third-order valence-corrected chi connectivity index (χ3v) is 3.62. The average molecular weight is 271 g/mol. The second kappa shape index (κ2) is 7.82. The minimum Gasteiger partial charge on any atom is -0.468 e. The molecule has 1 saturated heterocycles. The summed E-state index contributed by atoms with van der Waals surface area (Å²) >= 11 is 0. The van der Waals surface area contributed by atoms with Crippen LogP contribution in [0.1, 0.15) is 27.2 Å². The predicted molar refractivity (Wildman–Crippen MR) is 77.2 cm³/mol. The molecule has 0 aromatic carbocycles. The molecule has 0 aliphatic carbocycles. The van der Waals surface area contributed by atoms with Crippen LogP contribution in [0.4, 0.5) is 0 Å². The summed E-state index contributed by atoms with van der Waals surface area (Å²) in [5.41, 5.74) is 0. The Bertz CT molecular complexity index is 284. The molecule has 0 bridgehead atoms. The third-order valence-electron chi connectivity index (χ3n) is 3.62. The van der Waals surface area contributed by atoms with Crippen LogP contribution in [-0.2, 0) is 9.53 Å².